The first-order valence-electron chi connectivity index (χ1n) is 5.81. The molecule has 1 aromatic carbocycles. The average Bonchev–Trinajstić information content (AvgIpc) is 2.73. The minimum atomic E-state index is -0.291. The van der Waals surface area contributed by atoms with E-state index in [0.717, 1.165) is 18.7 Å². The number of benzene rings is 1. The van der Waals surface area contributed by atoms with Crippen molar-refractivity contribution in [2.75, 3.05) is 11.9 Å². The Morgan fingerprint density at radius 1 is 1.59 bits per heavy atom. The van der Waals surface area contributed by atoms with Gasteiger partial charge in [0.25, 0.3) is 0 Å². The number of ether oxygens (including phenoxy) is 2. The number of hydrogen-bond donors (Lipinski definition) is 1. The Hall–Kier alpha value is -1.55. The van der Waals surface area contributed by atoms with E-state index in [1.807, 2.05) is 12.1 Å². The van der Waals surface area contributed by atoms with Crippen molar-refractivity contribution in [1.29, 1.82) is 0 Å². The van der Waals surface area contributed by atoms with Gasteiger partial charge in [0.2, 0.25) is 0 Å². The number of carbonyl (C=O) groups is 1. The van der Waals surface area contributed by atoms with Crippen LogP contribution in [-0.2, 0) is 14.9 Å². The molecule has 2 heterocycles. The van der Waals surface area contributed by atoms with Crippen LogP contribution < -0.4 is 10.1 Å². The number of fused-ring (bicyclic) bond motifs is 3. The summed E-state index contributed by atoms with van der Waals surface area (Å²) in [5, 5.41) is 3.35. The smallest absolute Gasteiger partial charge is 0.308 e. The van der Waals surface area contributed by atoms with Crippen LogP contribution in [-0.4, -0.2) is 18.8 Å². The van der Waals surface area contributed by atoms with Gasteiger partial charge in [-0.15, -0.1) is 0 Å². The quantitative estimate of drug-likeness (QED) is 0.595. The van der Waals surface area contributed by atoms with Gasteiger partial charge in [-0.25, -0.2) is 0 Å². The van der Waals surface area contributed by atoms with Crippen molar-refractivity contribution in [2.45, 2.75) is 31.9 Å². The van der Waals surface area contributed by atoms with E-state index in [9.17, 15) is 4.79 Å². The molecule has 90 valence electrons. The summed E-state index contributed by atoms with van der Waals surface area (Å²) in [7, 11) is 0. The highest BCUT2D eigenvalue weighted by Crippen LogP contribution is 2.48. The fourth-order valence-corrected chi connectivity index (χ4v) is 2.67. The van der Waals surface area contributed by atoms with Crippen molar-refractivity contribution in [1.82, 2.24) is 0 Å². The van der Waals surface area contributed by atoms with Gasteiger partial charge in [-0.2, -0.15) is 0 Å². The molecule has 0 saturated carbocycles. The van der Waals surface area contributed by atoms with Crippen molar-refractivity contribution in [2.24, 2.45) is 0 Å². The molecular weight excluding hydrogens is 218 g/mol. The zero-order valence-corrected chi connectivity index (χ0v) is 9.95. The minimum Gasteiger partial charge on any atom is -0.427 e. The summed E-state index contributed by atoms with van der Waals surface area (Å²) in [6, 6.07) is 5.69. The highest BCUT2D eigenvalue weighted by molar-refractivity contribution is 5.71. The highest BCUT2D eigenvalue weighted by atomic mass is 16.5. The highest BCUT2D eigenvalue weighted by Gasteiger charge is 2.47. The maximum atomic E-state index is 11.0. The molecule has 0 radical (unpaired) electrons. The van der Waals surface area contributed by atoms with Crippen LogP contribution in [0.5, 0.6) is 5.75 Å². The first-order valence-corrected chi connectivity index (χ1v) is 5.81. The van der Waals surface area contributed by atoms with Crippen LogP contribution in [0.3, 0.4) is 0 Å². The molecule has 1 N–H and O–H groups in total. The van der Waals surface area contributed by atoms with Gasteiger partial charge < -0.3 is 14.8 Å². The number of anilines is 1. The monoisotopic (exact) mass is 233 g/mol. The predicted molar refractivity (Wildman–Crippen MR) is 63.1 cm³/mol. The molecule has 1 aromatic rings. The van der Waals surface area contributed by atoms with E-state index in [4.69, 9.17) is 9.47 Å². The second-order valence-corrected chi connectivity index (χ2v) is 4.86. The van der Waals surface area contributed by atoms with Crippen molar-refractivity contribution in [3.05, 3.63) is 23.8 Å². The van der Waals surface area contributed by atoms with E-state index < -0.39 is 0 Å². The topological polar surface area (TPSA) is 47.6 Å². The maximum Gasteiger partial charge on any atom is 0.308 e. The standard InChI is InChI=1S/C13H15NO3/c1-8(15)17-9-3-4-11-10(7-9)13(2)5-6-16-12(13)14-11/h3-4,7,12,14H,5-6H2,1-2H3/t12-,13-/m0/s1. The fourth-order valence-electron chi connectivity index (χ4n) is 2.67. The Labute approximate surface area is 99.9 Å². The van der Waals surface area contributed by atoms with Gasteiger partial charge in [0.15, 0.2) is 0 Å². The second kappa shape index (κ2) is 3.47. The molecule has 0 aromatic heterocycles. The minimum absolute atomic E-state index is 0.00844. The summed E-state index contributed by atoms with van der Waals surface area (Å²) in [4.78, 5) is 11.0. The van der Waals surface area contributed by atoms with Crippen LogP contribution in [0.15, 0.2) is 18.2 Å². The van der Waals surface area contributed by atoms with Crippen LogP contribution in [0.2, 0.25) is 0 Å². The van der Waals surface area contributed by atoms with Crippen LogP contribution in [0.4, 0.5) is 5.69 Å². The third-order valence-electron chi connectivity index (χ3n) is 3.64. The van der Waals surface area contributed by atoms with Gasteiger partial charge in [0.1, 0.15) is 12.0 Å². The van der Waals surface area contributed by atoms with Gasteiger partial charge in [0.05, 0.1) is 6.61 Å². The fraction of sp³-hybridized carbons (Fsp3) is 0.462. The lowest BCUT2D eigenvalue weighted by Gasteiger charge is -2.22. The molecule has 4 heteroatoms. The first-order chi connectivity index (χ1) is 8.09. The van der Waals surface area contributed by atoms with E-state index in [0.29, 0.717) is 5.75 Å². The molecule has 4 nitrogen and oxygen atoms in total. The maximum absolute atomic E-state index is 11.0. The van der Waals surface area contributed by atoms with E-state index in [-0.39, 0.29) is 17.6 Å². The molecule has 0 spiro atoms. The number of hydrogen-bond acceptors (Lipinski definition) is 4. The van der Waals surface area contributed by atoms with Gasteiger partial charge in [-0.1, -0.05) is 6.92 Å². The zero-order valence-electron chi connectivity index (χ0n) is 9.95. The van der Waals surface area contributed by atoms with Gasteiger partial charge >= 0.3 is 5.97 Å². The lowest BCUT2D eigenvalue weighted by atomic mass is 9.82. The summed E-state index contributed by atoms with van der Waals surface area (Å²) in [6.45, 7) is 4.36. The SMILES string of the molecule is CC(=O)Oc1ccc2c(c1)[C@]1(C)CCO[C@@H]1N2. The summed E-state index contributed by atoms with van der Waals surface area (Å²) in [5.41, 5.74) is 2.25. The van der Waals surface area contributed by atoms with Crippen LogP contribution >= 0.6 is 0 Å². The molecule has 2 atom stereocenters. The summed E-state index contributed by atoms with van der Waals surface area (Å²) < 4.78 is 10.8. The zero-order chi connectivity index (χ0) is 12.0. The third-order valence-corrected chi connectivity index (χ3v) is 3.64. The van der Waals surface area contributed by atoms with Gasteiger partial charge in [-0.3, -0.25) is 4.79 Å². The number of rotatable bonds is 1. The molecule has 0 unspecified atom stereocenters. The Morgan fingerprint density at radius 2 is 2.41 bits per heavy atom. The molecule has 17 heavy (non-hydrogen) atoms. The lowest BCUT2D eigenvalue weighted by molar-refractivity contribution is -0.131. The molecular formula is C13H15NO3. The molecule has 1 saturated heterocycles. The van der Waals surface area contributed by atoms with E-state index >= 15 is 0 Å². The Bertz CT molecular complexity index is 486. The van der Waals surface area contributed by atoms with Crippen molar-refractivity contribution >= 4 is 11.7 Å². The lowest BCUT2D eigenvalue weighted by Crippen LogP contribution is -2.31. The molecule has 0 amide bonds. The Balaban J connectivity index is 2.01. The predicted octanol–water partition coefficient (Wildman–Crippen LogP) is 2.04. The van der Waals surface area contributed by atoms with E-state index in [2.05, 4.69) is 12.2 Å². The van der Waals surface area contributed by atoms with Crippen molar-refractivity contribution < 1.29 is 14.3 Å². The van der Waals surface area contributed by atoms with Crippen LogP contribution in [0, 0.1) is 0 Å². The Morgan fingerprint density at radius 3 is 3.18 bits per heavy atom. The molecule has 1 fully saturated rings. The van der Waals surface area contributed by atoms with Crippen molar-refractivity contribution in [3.8, 4) is 5.75 Å². The largest absolute Gasteiger partial charge is 0.427 e. The molecule has 0 bridgehead atoms. The molecule has 3 rings (SSSR count). The number of esters is 1. The number of nitrogens with one attached hydrogen (secondary N) is 1. The van der Waals surface area contributed by atoms with E-state index in [1.54, 1.807) is 6.07 Å². The molecule has 2 aliphatic rings. The van der Waals surface area contributed by atoms with Crippen LogP contribution in [0.25, 0.3) is 0 Å². The Kier molecular flexibility index (Phi) is 2.16. The average molecular weight is 233 g/mol. The molecule has 0 aliphatic carbocycles. The first kappa shape index (κ1) is 10.6. The van der Waals surface area contributed by atoms with Gasteiger partial charge in [-0.05, 0) is 30.2 Å². The van der Waals surface area contributed by atoms with Crippen molar-refractivity contribution in [3.63, 3.8) is 0 Å². The van der Waals surface area contributed by atoms with Crippen LogP contribution in [0.1, 0.15) is 25.8 Å². The normalized spacial score (nSPS) is 29.4. The third kappa shape index (κ3) is 1.52. The van der Waals surface area contributed by atoms with Gasteiger partial charge in [0, 0.05) is 18.0 Å². The summed E-state index contributed by atoms with van der Waals surface area (Å²) in [6.07, 6.45) is 1.03. The number of carbonyl (C=O) groups excluding carboxylic acids is 1. The second-order valence-electron chi connectivity index (χ2n) is 4.86. The summed E-state index contributed by atoms with van der Waals surface area (Å²) >= 11 is 0. The summed E-state index contributed by atoms with van der Waals surface area (Å²) in [5.74, 6) is 0.312. The van der Waals surface area contributed by atoms with E-state index in [1.165, 1.54) is 12.5 Å². The molecule has 2 aliphatic heterocycles.